The molecule has 0 spiro atoms. The first kappa shape index (κ1) is 18.2. The lowest BCUT2D eigenvalue weighted by atomic mass is 9.85. The Bertz CT molecular complexity index is 459. The van der Waals surface area contributed by atoms with Crippen LogP contribution in [0.25, 0.3) is 0 Å². The molecule has 0 aromatic carbocycles. The zero-order chi connectivity index (χ0) is 17.3. The Morgan fingerprint density at radius 1 is 1.26 bits per heavy atom. The Balaban J connectivity index is 1.77. The van der Waals surface area contributed by atoms with Crippen LogP contribution in [0.1, 0.15) is 47.0 Å². The highest BCUT2D eigenvalue weighted by molar-refractivity contribution is 5.82. The number of carbonyl (C=O) groups excluding carboxylic acids is 2. The van der Waals surface area contributed by atoms with E-state index in [9.17, 15) is 14.7 Å². The molecular weight excluding hydrogens is 300 g/mol. The Morgan fingerprint density at radius 3 is 2.52 bits per heavy atom. The molecule has 0 aromatic heterocycles. The minimum Gasteiger partial charge on any atom is -0.383 e. The molecule has 132 valence electrons. The molecule has 3 N–H and O–H groups in total. The van der Waals surface area contributed by atoms with Crippen LogP contribution in [0.4, 0.5) is 0 Å². The number of carbonyl (C=O) groups is 2. The van der Waals surface area contributed by atoms with Crippen LogP contribution in [0.2, 0.25) is 0 Å². The van der Waals surface area contributed by atoms with Gasteiger partial charge in [0.1, 0.15) is 12.2 Å². The number of ether oxygens (including phenoxy) is 2. The fourth-order valence-corrected chi connectivity index (χ4v) is 2.40. The minimum atomic E-state index is -1.10. The molecule has 1 aliphatic heterocycles. The Morgan fingerprint density at radius 2 is 1.91 bits per heavy atom. The second-order valence-electron chi connectivity index (χ2n) is 7.55. The fourth-order valence-electron chi connectivity index (χ4n) is 2.40. The van der Waals surface area contributed by atoms with Gasteiger partial charge in [-0.2, -0.15) is 0 Å². The number of hydrogen-bond acceptors (Lipinski definition) is 5. The predicted molar refractivity (Wildman–Crippen MR) is 83.5 cm³/mol. The van der Waals surface area contributed by atoms with Crippen molar-refractivity contribution < 1.29 is 24.2 Å². The molecule has 2 amide bonds. The van der Waals surface area contributed by atoms with Gasteiger partial charge in [-0.1, -0.05) is 13.8 Å². The summed E-state index contributed by atoms with van der Waals surface area (Å²) in [4.78, 5) is 24.0. The molecule has 23 heavy (non-hydrogen) atoms. The second-order valence-corrected chi connectivity index (χ2v) is 7.55. The average molecular weight is 328 g/mol. The zero-order valence-electron chi connectivity index (χ0n) is 14.3. The van der Waals surface area contributed by atoms with E-state index in [0.29, 0.717) is 6.61 Å². The smallest absolute Gasteiger partial charge is 0.249 e. The SMILES string of the molecule is CC1(C)OCC(C)(C)[C@H](C(=O)NCC[C@@H](O)C(=O)NC2CC2)O1. The van der Waals surface area contributed by atoms with Gasteiger partial charge in [0.05, 0.1) is 6.61 Å². The summed E-state index contributed by atoms with van der Waals surface area (Å²) in [5.74, 6) is -1.42. The maximum absolute atomic E-state index is 12.4. The third-order valence-corrected chi connectivity index (χ3v) is 4.08. The van der Waals surface area contributed by atoms with Crippen LogP contribution >= 0.6 is 0 Å². The van der Waals surface area contributed by atoms with Gasteiger partial charge in [0.15, 0.2) is 5.79 Å². The summed E-state index contributed by atoms with van der Waals surface area (Å²) in [7, 11) is 0. The summed E-state index contributed by atoms with van der Waals surface area (Å²) in [6.07, 6.45) is 0.388. The number of nitrogens with one attached hydrogen (secondary N) is 2. The Kier molecular flexibility index (Phi) is 5.33. The van der Waals surface area contributed by atoms with Gasteiger partial charge in [0.2, 0.25) is 11.8 Å². The fraction of sp³-hybridized carbons (Fsp3) is 0.875. The molecule has 7 nitrogen and oxygen atoms in total. The average Bonchev–Trinajstić information content (AvgIpc) is 3.25. The van der Waals surface area contributed by atoms with E-state index in [1.165, 1.54) is 0 Å². The van der Waals surface area contributed by atoms with E-state index in [0.717, 1.165) is 12.8 Å². The summed E-state index contributed by atoms with van der Waals surface area (Å²) in [5.41, 5.74) is -0.443. The van der Waals surface area contributed by atoms with Crippen LogP contribution in [-0.2, 0) is 19.1 Å². The van der Waals surface area contributed by atoms with E-state index in [1.807, 2.05) is 13.8 Å². The van der Waals surface area contributed by atoms with Gasteiger partial charge in [0.25, 0.3) is 0 Å². The predicted octanol–water partition coefficient (Wildman–Crippen LogP) is 0.310. The van der Waals surface area contributed by atoms with E-state index in [4.69, 9.17) is 9.47 Å². The molecule has 0 bridgehead atoms. The third kappa shape index (κ3) is 5.16. The monoisotopic (exact) mass is 328 g/mol. The largest absolute Gasteiger partial charge is 0.383 e. The standard InChI is InChI=1S/C16H28N2O5/c1-15(2)9-22-16(3,4)23-12(15)14(21)17-8-7-11(19)13(20)18-10-5-6-10/h10-12,19H,5-9H2,1-4H3,(H,17,21)(H,18,20)/t11-,12+/m1/s1. The van der Waals surface area contributed by atoms with Crippen LogP contribution < -0.4 is 10.6 Å². The molecule has 2 atom stereocenters. The normalized spacial score (nSPS) is 27.1. The van der Waals surface area contributed by atoms with Crippen molar-refractivity contribution in [1.82, 2.24) is 10.6 Å². The van der Waals surface area contributed by atoms with Crippen molar-refractivity contribution in [3.05, 3.63) is 0 Å². The highest BCUT2D eigenvalue weighted by Gasteiger charge is 2.45. The van der Waals surface area contributed by atoms with Crippen molar-refractivity contribution in [2.45, 2.75) is 71.0 Å². The maximum atomic E-state index is 12.4. The highest BCUT2D eigenvalue weighted by Crippen LogP contribution is 2.34. The summed E-state index contributed by atoms with van der Waals surface area (Å²) < 4.78 is 11.3. The minimum absolute atomic E-state index is 0.178. The summed E-state index contributed by atoms with van der Waals surface area (Å²) in [6.45, 7) is 8.00. The van der Waals surface area contributed by atoms with Crippen molar-refractivity contribution in [1.29, 1.82) is 0 Å². The van der Waals surface area contributed by atoms with Crippen LogP contribution in [0.5, 0.6) is 0 Å². The molecule has 0 radical (unpaired) electrons. The van der Waals surface area contributed by atoms with Crippen LogP contribution in [0.15, 0.2) is 0 Å². The number of aliphatic hydroxyl groups excluding tert-OH is 1. The number of amides is 2. The van der Waals surface area contributed by atoms with E-state index < -0.39 is 23.4 Å². The van der Waals surface area contributed by atoms with Gasteiger partial charge in [-0.15, -0.1) is 0 Å². The topological polar surface area (TPSA) is 96.9 Å². The quantitative estimate of drug-likeness (QED) is 0.652. The van der Waals surface area contributed by atoms with Crippen molar-refractivity contribution in [3.8, 4) is 0 Å². The van der Waals surface area contributed by atoms with Crippen LogP contribution in [-0.4, -0.2) is 54.1 Å². The first-order chi connectivity index (χ1) is 10.6. The lowest BCUT2D eigenvalue weighted by Crippen LogP contribution is -2.56. The number of hydrogen-bond donors (Lipinski definition) is 3. The highest BCUT2D eigenvalue weighted by atomic mass is 16.7. The maximum Gasteiger partial charge on any atom is 0.249 e. The molecule has 7 heteroatoms. The van der Waals surface area contributed by atoms with Gasteiger partial charge < -0.3 is 25.2 Å². The van der Waals surface area contributed by atoms with Crippen LogP contribution in [0.3, 0.4) is 0 Å². The van der Waals surface area contributed by atoms with E-state index in [-0.39, 0.29) is 30.8 Å². The molecule has 1 saturated carbocycles. The van der Waals surface area contributed by atoms with Crippen molar-refractivity contribution >= 4 is 11.8 Å². The number of aliphatic hydroxyl groups is 1. The molecule has 1 aliphatic carbocycles. The lowest BCUT2D eigenvalue weighted by molar-refractivity contribution is -0.304. The Labute approximate surface area is 137 Å². The van der Waals surface area contributed by atoms with Gasteiger partial charge in [-0.25, -0.2) is 0 Å². The molecule has 1 heterocycles. The van der Waals surface area contributed by atoms with Gasteiger partial charge >= 0.3 is 0 Å². The third-order valence-electron chi connectivity index (χ3n) is 4.08. The van der Waals surface area contributed by atoms with Gasteiger partial charge in [-0.05, 0) is 33.1 Å². The second kappa shape index (κ2) is 6.75. The van der Waals surface area contributed by atoms with Crippen LogP contribution in [0, 0.1) is 5.41 Å². The van der Waals surface area contributed by atoms with E-state index >= 15 is 0 Å². The van der Waals surface area contributed by atoms with E-state index in [2.05, 4.69) is 10.6 Å². The summed E-state index contributed by atoms with van der Waals surface area (Å²) in [6, 6.07) is 0.213. The molecule has 1 saturated heterocycles. The van der Waals surface area contributed by atoms with Crippen molar-refractivity contribution in [3.63, 3.8) is 0 Å². The number of rotatable bonds is 6. The molecule has 2 fully saturated rings. The summed E-state index contributed by atoms with van der Waals surface area (Å²) >= 11 is 0. The first-order valence-corrected chi connectivity index (χ1v) is 8.19. The molecule has 0 unspecified atom stereocenters. The molecule has 0 aromatic rings. The lowest BCUT2D eigenvalue weighted by Gasteiger charge is -2.44. The van der Waals surface area contributed by atoms with Gasteiger partial charge in [-0.3, -0.25) is 9.59 Å². The van der Waals surface area contributed by atoms with Crippen molar-refractivity contribution in [2.24, 2.45) is 5.41 Å². The molecule has 2 aliphatic rings. The first-order valence-electron chi connectivity index (χ1n) is 8.19. The molecule has 2 rings (SSSR count). The zero-order valence-corrected chi connectivity index (χ0v) is 14.3. The Hall–Kier alpha value is -1.18. The van der Waals surface area contributed by atoms with E-state index in [1.54, 1.807) is 13.8 Å². The van der Waals surface area contributed by atoms with Crippen molar-refractivity contribution in [2.75, 3.05) is 13.2 Å². The molecular formula is C16H28N2O5. The summed E-state index contributed by atoms with van der Waals surface area (Å²) in [5, 5.41) is 15.3. The van der Waals surface area contributed by atoms with Gasteiger partial charge in [0, 0.05) is 18.0 Å².